The monoisotopic (exact) mass is 673 g/mol. The molecule has 7 heterocycles. The van der Waals surface area contributed by atoms with E-state index in [2.05, 4.69) is 49.4 Å². The van der Waals surface area contributed by atoms with Crippen molar-refractivity contribution in [2.75, 3.05) is 24.7 Å². The minimum absolute atomic E-state index is 0.00724. The van der Waals surface area contributed by atoms with Gasteiger partial charge in [0, 0.05) is 19.0 Å². The van der Waals surface area contributed by atoms with Crippen LogP contribution in [0.4, 0.5) is 11.8 Å². The SMILES string of the molecule is Nc1nc2c(ncn2[C@@H]2O[C@@H]3COP(=O)(S)O[C@@H]4C[C@H](n5ccc6c(N)ncnc65)O[C@@H]4COP(=O)(S)O[C@@H]2C3)c(=O)[nH]1. The normalized spacial score (nSPS) is 35.4. The number of nitrogens with one attached hydrogen (secondary N) is 1. The van der Waals surface area contributed by atoms with E-state index in [9.17, 15) is 13.9 Å². The van der Waals surface area contributed by atoms with Crippen LogP contribution < -0.4 is 17.0 Å². The zero-order valence-electron chi connectivity index (χ0n) is 21.9. The Morgan fingerprint density at radius 3 is 2.51 bits per heavy atom. The third-order valence-corrected chi connectivity index (χ3v) is 10.5. The Morgan fingerprint density at radius 2 is 1.70 bits per heavy atom. The summed E-state index contributed by atoms with van der Waals surface area (Å²) in [5.74, 6) is 0.163. The molecule has 0 amide bonds. The molecule has 4 aromatic heterocycles. The zero-order valence-corrected chi connectivity index (χ0v) is 25.5. The van der Waals surface area contributed by atoms with E-state index in [0.29, 0.717) is 16.9 Å². The quantitative estimate of drug-likeness (QED) is 0.151. The maximum absolute atomic E-state index is 13.5. The van der Waals surface area contributed by atoms with Crippen LogP contribution in [-0.4, -0.2) is 71.7 Å². The van der Waals surface area contributed by atoms with Crippen molar-refractivity contribution in [1.29, 1.82) is 0 Å². The van der Waals surface area contributed by atoms with Gasteiger partial charge in [0.1, 0.15) is 42.3 Å². The summed E-state index contributed by atoms with van der Waals surface area (Å²) in [5.41, 5.74) is 11.8. The summed E-state index contributed by atoms with van der Waals surface area (Å²) in [6, 6.07) is 1.75. The van der Waals surface area contributed by atoms with Crippen LogP contribution in [0.2, 0.25) is 0 Å². The van der Waals surface area contributed by atoms with E-state index in [1.165, 1.54) is 17.2 Å². The highest BCUT2D eigenvalue weighted by atomic mass is 32.7. The molecule has 2 unspecified atom stereocenters. The summed E-state index contributed by atoms with van der Waals surface area (Å²) in [5, 5.41) is 0.625. The standard InChI is InChI=1S/C21H25N9O9P2S2/c22-16-10-1-2-29(17(10)25-7-24-16)14-4-11-13(37-14)6-35-41(33,43)39-12-3-9(5-34-40(32,42)38-11)36-20(12)30-8-26-15-18(30)27-21(23)28-19(15)31/h1-2,7-9,11-14,20H,3-6H2,(H,32,42)(H,33,43)(H2,22,24,25)(H3,23,27,28,31)/t9-,11+,12+,13+,14+,20+,40?,41?/m0/s1. The molecule has 2 bridgehead atoms. The lowest BCUT2D eigenvalue weighted by Crippen LogP contribution is -2.28. The Kier molecular flexibility index (Phi) is 7.36. The summed E-state index contributed by atoms with van der Waals surface area (Å²) in [4.78, 5) is 31.2. The van der Waals surface area contributed by atoms with Crippen LogP contribution in [-0.2, 0) is 36.7 Å². The first-order valence-corrected chi connectivity index (χ1v) is 18.3. The van der Waals surface area contributed by atoms with Gasteiger partial charge in [0.25, 0.3) is 5.56 Å². The second kappa shape index (κ2) is 10.8. The average Bonchev–Trinajstić information content (AvgIpc) is 3.71. The third kappa shape index (κ3) is 5.61. The number of nitrogen functional groups attached to an aromatic ring is 2. The van der Waals surface area contributed by atoms with E-state index in [1.807, 2.05) is 0 Å². The largest absolute Gasteiger partial charge is 0.386 e. The maximum atomic E-state index is 13.5. The molecule has 7 rings (SSSR count). The van der Waals surface area contributed by atoms with Crippen molar-refractivity contribution in [2.45, 2.75) is 49.7 Å². The number of imidazole rings is 1. The molecule has 0 spiro atoms. The highest BCUT2D eigenvalue weighted by Gasteiger charge is 2.46. The molecule has 22 heteroatoms. The molecule has 230 valence electrons. The molecule has 18 nitrogen and oxygen atoms in total. The van der Waals surface area contributed by atoms with Gasteiger partial charge < -0.3 is 25.5 Å². The third-order valence-electron chi connectivity index (χ3n) is 7.26. The highest BCUT2D eigenvalue weighted by molar-refractivity contribution is 8.44. The number of aromatic amines is 1. The zero-order chi connectivity index (χ0) is 30.1. The Labute approximate surface area is 252 Å². The predicted octanol–water partition coefficient (Wildman–Crippen LogP) is 2.20. The minimum atomic E-state index is -4.06. The maximum Gasteiger partial charge on any atom is 0.386 e. The summed E-state index contributed by atoms with van der Waals surface area (Å²) in [6.45, 7) is -8.58. The molecule has 0 radical (unpaired) electrons. The van der Waals surface area contributed by atoms with Crippen LogP contribution >= 0.6 is 38.1 Å². The van der Waals surface area contributed by atoms with Crippen molar-refractivity contribution in [3.63, 3.8) is 0 Å². The van der Waals surface area contributed by atoms with Crippen LogP contribution in [0.5, 0.6) is 0 Å². The lowest BCUT2D eigenvalue weighted by atomic mass is 10.2. The topological polar surface area (TPSA) is 236 Å². The van der Waals surface area contributed by atoms with Crippen LogP contribution in [0.15, 0.2) is 29.7 Å². The van der Waals surface area contributed by atoms with Crippen molar-refractivity contribution < 1.29 is 36.7 Å². The number of fused-ring (bicyclic) bond motifs is 5. The number of nitrogens with two attached hydrogens (primary N) is 2. The van der Waals surface area contributed by atoms with Crippen molar-refractivity contribution in [2.24, 2.45) is 0 Å². The second-order valence-electron chi connectivity index (χ2n) is 10.1. The summed E-state index contributed by atoms with van der Waals surface area (Å²) >= 11 is 8.38. The van der Waals surface area contributed by atoms with Gasteiger partial charge >= 0.3 is 13.6 Å². The molecule has 3 fully saturated rings. The number of H-pyrrole nitrogens is 1. The molecule has 5 N–H and O–H groups in total. The molecule has 8 atom stereocenters. The Hall–Kier alpha value is -2.51. The minimum Gasteiger partial charge on any atom is -0.383 e. The molecule has 0 aromatic carbocycles. The van der Waals surface area contributed by atoms with Crippen molar-refractivity contribution >= 4 is 72.1 Å². The molecule has 0 aliphatic carbocycles. The van der Waals surface area contributed by atoms with Gasteiger partial charge in [-0.3, -0.25) is 32.4 Å². The van der Waals surface area contributed by atoms with E-state index >= 15 is 0 Å². The second-order valence-corrected chi connectivity index (χ2v) is 15.8. The van der Waals surface area contributed by atoms with Crippen LogP contribution in [0, 0.1) is 0 Å². The van der Waals surface area contributed by atoms with Gasteiger partial charge in [-0.1, -0.05) is 24.5 Å². The Bertz CT molecular complexity index is 1870. The summed E-state index contributed by atoms with van der Waals surface area (Å²) in [6.07, 6.45) is -0.364. The van der Waals surface area contributed by atoms with E-state index in [0.717, 1.165) is 0 Å². The fraction of sp³-hybridized carbons (Fsp3) is 0.476. The Morgan fingerprint density at radius 1 is 0.930 bits per heavy atom. The summed E-state index contributed by atoms with van der Waals surface area (Å²) in [7, 11) is 0. The summed E-state index contributed by atoms with van der Waals surface area (Å²) < 4.78 is 65.2. The van der Waals surface area contributed by atoms with E-state index in [-0.39, 0.29) is 43.2 Å². The molecule has 0 saturated carbocycles. The number of rotatable bonds is 2. The van der Waals surface area contributed by atoms with E-state index < -0.39 is 56.0 Å². The first-order chi connectivity index (χ1) is 20.5. The fourth-order valence-electron chi connectivity index (χ4n) is 5.40. The van der Waals surface area contributed by atoms with Gasteiger partial charge in [-0.25, -0.2) is 24.1 Å². The van der Waals surface area contributed by atoms with Crippen LogP contribution in [0.1, 0.15) is 25.3 Å². The smallest absolute Gasteiger partial charge is 0.383 e. The molecule has 3 saturated heterocycles. The fourth-order valence-corrected chi connectivity index (χ4v) is 8.43. The Balaban J connectivity index is 1.17. The number of aromatic nitrogens is 7. The molecular weight excluding hydrogens is 648 g/mol. The molecule has 43 heavy (non-hydrogen) atoms. The number of hydrogen-bond acceptors (Lipinski definition) is 15. The van der Waals surface area contributed by atoms with E-state index in [4.69, 9.17) is 39.0 Å². The van der Waals surface area contributed by atoms with Gasteiger partial charge in [-0.15, -0.1) is 0 Å². The van der Waals surface area contributed by atoms with Gasteiger partial charge in [0.15, 0.2) is 17.4 Å². The van der Waals surface area contributed by atoms with Crippen LogP contribution in [0.25, 0.3) is 22.2 Å². The van der Waals surface area contributed by atoms with Crippen molar-refractivity contribution in [1.82, 2.24) is 34.1 Å². The number of ether oxygens (including phenoxy) is 2. The first-order valence-electron chi connectivity index (χ1n) is 12.9. The number of anilines is 2. The van der Waals surface area contributed by atoms with Gasteiger partial charge in [0.2, 0.25) is 5.95 Å². The lowest BCUT2D eigenvalue weighted by molar-refractivity contribution is -0.0556. The number of thiol groups is 2. The average molecular weight is 674 g/mol. The molecule has 4 aromatic rings. The first kappa shape index (κ1) is 29.2. The van der Waals surface area contributed by atoms with Crippen molar-refractivity contribution in [3.8, 4) is 0 Å². The number of hydrogen-bond donors (Lipinski definition) is 5. The van der Waals surface area contributed by atoms with Crippen molar-refractivity contribution in [3.05, 3.63) is 35.3 Å². The highest BCUT2D eigenvalue weighted by Crippen LogP contribution is 2.60. The lowest BCUT2D eigenvalue weighted by Gasteiger charge is -2.26. The van der Waals surface area contributed by atoms with E-state index in [1.54, 1.807) is 16.8 Å². The molecule has 3 aliphatic rings. The molecule has 3 aliphatic heterocycles. The van der Waals surface area contributed by atoms with Gasteiger partial charge in [-0.2, -0.15) is 4.98 Å². The van der Waals surface area contributed by atoms with Gasteiger partial charge in [-0.05, 0) is 6.07 Å². The predicted molar refractivity (Wildman–Crippen MR) is 156 cm³/mol. The molecular formula is C21H25N9O9P2S2. The number of nitrogens with zero attached hydrogens (tertiary/aromatic N) is 6. The van der Waals surface area contributed by atoms with Gasteiger partial charge in [0.05, 0.1) is 31.0 Å². The van der Waals surface area contributed by atoms with Crippen LogP contribution in [0.3, 0.4) is 0 Å².